The van der Waals surface area contributed by atoms with E-state index in [-0.39, 0.29) is 5.69 Å². The molecule has 0 bridgehead atoms. The SMILES string of the molecule is Cn1c(CNc2ncncc2C#N)n[nH]c1=O. The van der Waals surface area contributed by atoms with E-state index in [0.717, 1.165) is 0 Å². The summed E-state index contributed by atoms with van der Waals surface area (Å²) < 4.78 is 1.38. The van der Waals surface area contributed by atoms with Gasteiger partial charge in [-0.15, -0.1) is 0 Å². The van der Waals surface area contributed by atoms with Crippen LogP contribution in [0.25, 0.3) is 0 Å². The fraction of sp³-hybridized carbons (Fsp3) is 0.222. The topological polar surface area (TPSA) is 112 Å². The van der Waals surface area contributed by atoms with Crippen LogP contribution in [0.4, 0.5) is 5.82 Å². The zero-order chi connectivity index (χ0) is 12.3. The number of H-pyrrole nitrogens is 1. The van der Waals surface area contributed by atoms with Crippen molar-refractivity contribution < 1.29 is 0 Å². The predicted molar refractivity (Wildman–Crippen MR) is 57.9 cm³/mol. The van der Waals surface area contributed by atoms with E-state index in [0.29, 0.717) is 23.8 Å². The molecule has 0 saturated heterocycles. The fourth-order valence-corrected chi connectivity index (χ4v) is 1.25. The maximum absolute atomic E-state index is 11.1. The zero-order valence-electron chi connectivity index (χ0n) is 9.01. The van der Waals surface area contributed by atoms with E-state index in [1.165, 1.54) is 17.1 Å². The van der Waals surface area contributed by atoms with E-state index >= 15 is 0 Å². The molecular weight excluding hydrogens is 222 g/mol. The van der Waals surface area contributed by atoms with Crippen LogP contribution in [0.1, 0.15) is 11.4 Å². The number of aromatic amines is 1. The lowest BCUT2D eigenvalue weighted by atomic mass is 10.3. The second kappa shape index (κ2) is 4.44. The van der Waals surface area contributed by atoms with Crippen LogP contribution in [0.2, 0.25) is 0 Å². The van der Waals surface area contributed by atoms with Crippen LogP contribution in [0.3, 0.4) is 0 Å². The molecule has 0 spiro atoms. The summed E-state index contributed by atoms with van der Waals surface area (Å²) in [7, 11) is 1.61. The lowest BCUT2D eigenvalue weighted by molar-refractivity contribution is 0.788. The van der Waals surface area contributed by atoms with Crippen LogP contribution < -0.4 is 11.0 Å². The maximum Gasteiger partial charge on any atom is 0.343 e. The Balaban J connectivity index is 2.16. The molecule has 0 aliphatic heterocycles. The van der Waals surface area contributed by atoms with Gasteiger partial charge >= 0.3 is 5.69 Å². The van der Waals surface area contributed by atoms with Crippen LogP contribution in [0, 0.1) is 11.3 Å². The largest absolute Gasteiger partial charge is 0.362 e. The molecule has 2 heterocycles. The molecule has 0 amide bonds. The Kier molecular flexibility index (Phi) is 2.83. The second-order valence-corrected chi connectivity index (χ2v) is 3.25. The molecule has 0 aliphatic rings. The summed E-state index contributed by atoms with van der Waals surface area (Å²) in [4.78, 5) is 18.8. The van der Waals surface area contributed by atoms with E-state index in [1.807, 2.05) is 6.07 Å². The van der Waals surface area contributed by atoms with Gasteiger partial charge < -0.3 is 5.32 Å². The summed E-state index contributed by atoms with van der Waals surface area (Å²) >= 11 is 0. The van der Waals surface area contributed by atoms with Crippen LogP contribution >= 0.6 is 0 Å². The number of rotatable bonds is 3. The molecule has 86 valence electrons. The first-order valence-corrected chi connectivity index (χ1v) is 4.76. The summed E-state index contributed by atoms with van der Waals surface area (Å²) in [6.45, 7) is 0.293. The molecule has 0 unspecified atom stereocenters. The first-order chi connectivity index (χ1) is 8.22. The molecule has 17 heavy (non-hydrogen) atoms. The van der Waals surface area contributed by atoms with Gasteiger partial charge in [0.1, 0.15) is 23.8 Å². The number of aromatic nitrogens is 5. The Bertz CT molecular complexity index is 621. The summed E-state index contributed by atoms with van der Waals surface area (Å²) in [5.74, 6) is 0.940. The smallest absolute Gasteiger partial charge is 0.343 e. The number of hydrogen-bond donors (Lipinski definition) is 2. The molecule has 0 fully saturated rings. The molecule has 2 aromatic heterocycles. The van der Waals surface area contributed by atoms with Gasteiger partial charge in [0.05, 0.1) is 12.7 Å². The van der Waals surface area contributed by atoms with Gasteiger partial charge in [0.15, 0.2) is 5.82 Å². The molecule has 2 aromatic rings. The van der Waals surface area contributed by atoms with E-state index < -0.39 is 0 Å². The highest BCUT2D eigenvalue weighted by molar-refractivity contribution is 5.49. The van der Waals surface area contributed by atoms with Gasteiger partial charge in [-0.1, -0.05) is 0 Å². The first-order valence-electron chi connectivity index (χ1n) is 4.76. The first kappa shape index (κ1) is 10.8. The van der Waals surface area contributed by atoms with Crippen molar-refractivity contribution in [2.45, 2.75) is 6.54 Å². The van der Waals surface area contributed by atoms with Crippen LogP contribution in [0.15, 0.2) is 17.3 Å². The molecule has 8 nitrogen and oxygen atoms in total. The minimum absolute atomic E-state index is 0.287. The standard InChI is InChI=1S/C9H9N7O/c1-16-7(14-15-9(16)17)4-12-8-6(2-10)3-11-5-13-8/h3,5H,4H2,1H3,(H,15,17)(H,11,12,13). The molecule has 2 rings (SSSR count). The molecule has 0 radical (unpaired) electrons. The summed E-state index contributed by atoms with van der Waals surface area (Å²) in [5, 5.41) is 17.9. The third kappa shape index (κ3) is 2.12. The molecule has 0 saturated carbocycles. The number of anilines is 1. The van der Waals surface area contributed by atoms with Crippen molar-refractivity contribution in [2.75, 3.05) is 5.32 Å². The van der Waals surface area contributed by atoms with Crippen molar-refractivity contribution in [2.24, 2.45) is 7.05 Å². The van der Waals surface area contributed by atoms with Gasteiger partial charge in [-0.3, -0.25) is 4.57 Å². The Morgan fingerprint density at radius 2 is 2.47 bits per heavy atom. The minimum Gasteiger partial charge on any atom is -0.362 e. The molecule has 0 aliphatic carbocycles. The van der Waals surface area contributed by atoms with Gasteiger partial charge in [-0.05, 0) is 0 Å². The van der Waals surface area contributed by atoms with Crippen molar-refractivity contribution >= 4 is 5.82 Å². The number of nitrogens with one attached hydrogen (secondary N) is 2. The second-order valence-electron chi connectivity index (χ2n) is 3.25. The molecule has 0 aromatic carbocycles. The number of nitriles is 1. The Hall–Kier alpha value is -2.69. The van der Waals surface area contributed by atoms with Crippen LogP contribution in [0.5, 0.6) is 0 Å². The highest BCUT2D eigenvalue weighted by atomic mass is 16.1. The normalized spacial score (nSPS) is 9.88. The monoisotopic (exact) mass is 231 g/mol. The van der Waals surface area contributed by atoms with Gasteiger partial charge in [0, 0.05) is 7.05 Å². The molecule has 0 atom stereocenters. The highest BCUT2D eigenvalue weighted by Gasteiger charge is 2.06. The van der Waals surface area contributed by atoms with Gasteiger partial charge in [-0.2, -0.15) is 10.4 Å². The third-order valence-corrected chi connectivity index (χ3v) is 2.22. The van der Waals surface area contributed by atoms with Crippen LogP contribution in [-0.4, -0.2) is 24.7 Å². The summed E-state index contributed by atoms with van der Waals surface area (Å²) in [6, 6.07) is 1.97. The minimum atomic E-state index is -0.287. The predicted octanol–water partition coefficient (Wildman–Crippen LogP) is -0.618. The quantitative estimate of drug-likeness (QED) is 0.728. The average Bonchev–Trinajstić information content (AvgIpc) is 2.68. The summed E-state index contributed by atoms with van der Waals surface area (Å²) in [6.07, 6.45) is 2.76. The lowest BCUT2D eigenvalue weighted by Crippen LogP contribution is -2.16. The van der Waals surface area contributed by atoms with Crippen molar-refractivity contribution in [1.29, 1.82) is 5.26 Å². The van der Waals surface area contributed by atoms with Gasteiger partial charge in [0.25, 0.3) is 0 Å². The van der Waals surface area contributed by atoms with Crippen molar-refractivity contribution in [1.82, 2.24) is 24.7 Å². The highest BCUT2D eigenvalue weighted by Crippen LogP contribution is 2.08. The lowest BCUT2D eigenvalue weighted by Gasteiger charge is -2.04. The van der Waals surface area contributed by atoms with E-state index in [2.05, 4.69) is 25.5 Å². The molecule has 2 N–H and O–H groups in total. The Labute approximate surface area is 96.0 Å². The van der Waals surface area contributed by atoms with Crippen molar-refractivity contribution in [3.8, 4) is 6.07 Å². The number of hydrogen-bond acceptors (Lipinski definition) is 6. The summed E-state index contributed by atoms with van der Waals surface area (Å²) in [5.41, 5.74) is 0.0537. The molecule has 8 heteroatoms. The van der Waals surface area contributed by atoms with E-state index in [4.69, 9.17) is 5.26 Å². The van der Waals surface area contributed by atoms with Crippen molar-refractivity contribution in [3.63, 3.8) is 0 Å². The van der Waals surface area contributed by atoms with E-state index in [1.54, 1.807) is 7.05 Å². The van der Waals surface area contributed by atoms with Gasteiger partial charge in [0.2, 0.25) is 0 Å². The Morgan fingerprint density at radius 1 is 1.65 bits per heavy atom. The Morgan fingerprint density at radius 3 is 3.12 bits per heavy atom. The zero-order valence-corrected chi connectivity index (χ0v) is 9.01. The average molecular weight is 231 g/mol. The van der Waals surface area contributed by atoms with Crippen LogP contribution in [-0.2, 0) is 13.6 Å². The third-order valence-electron chi connectivity index (χ3n) is 2.22. The van der Waals surface area contributed by atoms with Gasteiger partial charge in [-0.25, -0.2) is 19.9 Å². The fourth-order valence-electron chi connectivity index (χ4n) is 1.25. The number of nitrogens with zero attached hydrogens (tertiary/aromatic N) is 5. The van der Waals surface area contributed by atoms with E-state index in [9.17, 15) is 4.79 Å². The van der Waals surface area contributed by atoms with Crippen molar-refractivity contribution in [3.05, 3.63) is 34.4 Å². The maximum atomic E-state index is 11.1. The molecular formula is C9H9N7O.